The quantitative estimate of drug-likeness (QED) is 0.672. The SMILES string of the molecule is ClSCCOc1ccccc1. The molecule has 0 radical (unpaired) electrons. The Morgan fingerprint density at radius 3 is 2.64 bits per heavy atom. The van der Waals surface area contributed by atoms with E-state index in [0.29, 0.717) is 6.61 Å². The van der Waals surface area contributed by atoms with Crippen LogP contribution in [-0.2, 0) is 0 Å². The van der Waals surface area contributed by atoms with Crippen molar-refractivity contribution in [1.82, 2.24) is 0 Å². The Bertz CT molecular complexity index is 191. The Balaban J connectivity index is 2.28. The molecular formula is C8H9ClOS. The van der Waals surface area contributed by atoms with Gasteiger partial charge in [-0.2, -0.15) is 0 Å². The molecule has 60 valence electrons. The van der Waals surface area contributed by atoms with Gasteiger partial charge in [-0.1, -0.05) is 29.2 Å². The molecule has 0 heterocycles. The summed E-state index contributed by atoms with van der Waals surface area (Å²) < 4.78 is 5.34. The van der Waals surface area contributed by atoms with Crippen molar-refractivity contribution in [3.8, 4) is 5.75 Å². The highest BCUT2D eigenvalue weighted by Crippen LogP contribution is 2.10. The lowest BCUT2D eigenvalue weighted by Crippen LogP contribution is -1.98. The third-order valence-corrected chi connectivity index (χ3v) is 1.96. The molecule has 0 saturated carbocycles. The summed E-state index contributed by atoms with van der Waals surface area (Å²) in [6.07, 6.45) is 0. The zero-order chi connectivity index (χ0) is 7.94. The summed E-state index contributed by atoms with van der Waals surface area (Å²) in [5.41, 5.74) is 0. The average molecular weight is 189 g/mol. The van der Waals surface area contributed by atoms with E-state index in [4.69, 9.17) is 15.4 Å². The van der Waals surface area contributed by atoms with Gasteiger partial charge in [0, 0.05) is 5.75 Å². The number of hydrogen-bond donors (Lipinski definition) is 0. The molecule has 0 amide bonds. The third-order valence-electron chi connectivity index (χ3n) is 1.17. The van der Waals surface area contributed by atoms with Crippen LogP contribution in [0, 0.1) is 0 Å². The van der Waals surface area contributed by atoms with Crippen molar-refractivity contribution in [3.05, 3.63) is 30.3 Å². The number of benzene rings is 1. The largest absolute Gasteiger partial charge is 0.493 e. The van der Waals surface area contributed by atoms with Gasteiger partial charge < -0.3 is 4.74 Å². The minimum Gasteiger partial charge on any atom is -0.493 e. The van der Waals surface area contributed by atoms with Crippen LogP contribution < -0.4 is 4.74 Å². The highest BCUT2D eigenvalue weighted by Gasteiger charge is 1.89. The molecule has 0 bridgehead atoms. The predicted octanol–water partition coefficient (Wildman–Crippen LogP) is 2.95. The highest BCUT2D eigenvalue weighted by molar-refractivity contribution is 8.21. The van der Waals surface area contributed by atoms with Crippen LogP contribution in [0.3, 0.4) is 0 Å². The van der Waals surface area contributed by atoms with Crippen LogP contribution in [0.25, 0.3) is 0 Å². The molecule has 3 heteroatoms. The third kappa shape index (κ3) is 3.54. The van der Waals surface area contributed by atoms with Crippen LogP contribution in [-0.4, -0.2) is 12.4 Å². The minimum absolute atomic E-state index is 0.665. The summed E-state index contributed by atoms with van der Waals surface area (Å²) in [6, 6.07) is 9.72. The predicted molar refractivity (Wildman–Crippen MR) is 50.2 cm³/mol. The molecule has 1 nitrogen and oxygen atoms in total. The van der Waals surface area contributed by atoms with Gasteiger partial charge in [0.2, 0.25) is 0 Å². The Labute approximate surface area is 75.2 Å². The van der Waals surface area contributed by atoms with Gasteiger partial charge in [0.25, 0.3) is 0 Å². The van der Waals surface area contributed by atoms with E-state index in [0.717, 1.165) is 11.5 Å². The Morgan fingerprint density at radius 1 is 1.27 bits per heavy atom. The maximum absolute atomic E-state index is 5.40. The Hall–Kier alpha value is -0.340. The lowest BCUT2D eigenvalue weighted by molar-refractivity contribution is 0.344. The molecule has 1 rings (SSSR count). The molecule has 0 fully saturated rings. The van der Waals surface area contributed by atoms with E-state index in [1.54, 1.807) is 0 Å². The molecule has 11 heavy (non-hydrogen) atoms. The molecule has 0 spiro atoms. The number of halogens is 1. The second-order valence-electron chi connectivity index (χ2n) is 1.97. The van der Waals surface area contributed by atoms with Gasteiger partial charge in [0.05, 0.1) is 6.61 Å². The Kier molecular flexibility index (Phi) is 4.24. The van der Waals surface area contributed by atoms with Crippen molar-refractivity contribution in [1.29, 1.82) is 0 Å². The minimum atomic E-state index is 0.665. The normalized spacial score (nSPS) is 9.55. The van der Waals surface area contributed by atoms with Crippen molar-refractivity contribution in [2.45, 2.75) is 0 Å². The lowest BCUT2D eigenvalue weighted by atomic mass is 10.3. The molecule has 0 saturated heterocycles. The fourth-order valence-electron chi connectivity index (χ4n) is 0.708. The molecule has 0 aromatic heterocycles. The van der Waals surface area contributed by atoms with Crippen LogP contribution in [0.2, 0.25) is 0 Å². The second-order valence-corrected chi connectivity index (χ2v) is 3.26. The summed E-state index contributed by atoms with van der Waals surface area (Å²) in [7, 11) is 6.67. The van der Waals surface area contributed by atoms with E-state index < -0.39 is 0 Å². The van der Waals surface area contributed by atoms with Crippen molar-refractivity contribution in [3.63, 3.8) is 0 Å². The van der Waals surface area contributed by atoms with E-state index >= 15 is 0 Å². The van der Waals surface area contributed by atoms with E-state index in [2.05, 4.69) is 0 Å². The number of hydrogen-bond acceptors (Lipinski definition) is 2. The molecular weight excluding hydrogens is 180 g/mol. The van der Waals surface area contributed by atoms with E-state index in [1.165, 1.54) is 11.0 Å². The summed E-state index contributed by atoms with van der Waals surface area (Å²) in [5.74, 6) is 1.72. The number of para-hydroxylation sites is 1. The Morgan fingerprint density at radius 2 is 2.00 bits per heavy atom. The van der Waals surface area contributed by atoms with E-state index in [9.17, 15) is 0 Å². The summed E-state index contributed by atoms with van der Waals surface area (Å²) in [5, 5.41) is 0. The molecule has 1 aromatic rings. The first-order chi connectivity index (χ1) is 5.43. The average Bonchev–Trinajstić information content (AvgIpc) is 2.07. The molecule has 0 unspecified atom stereocenters. The second kappa shape index (κ2) is 5.33. The van der Waals surface area contributed by atoms with E-state index in [-0.39, 0.29) is 0 Å². The molecule has 0 aliphatic rings. The topological polar surface area (TPSA) is 9.23 Å². The summed E-state index contributed by atoms with van der Waals surface area (Å²) in [6.45, 7) is 0.665. The fourth-order valence-corrected chi connectivity index (χ4v) is 1.04. The van der Waals surface area contributed by atoms with Crippen LogP contribution in [0.5, 0.6) is 5.75 Å². The molecule has 0 aliphatic carbocycles. The first kappa shape index (κ1) is 8.75. The summed E-state index contributed by atoms with van der Waals surface area (Å²) in [4.78, 5) is 0. The maximum Gasteiger partial charge on any atom is 0.119 e. The number of rotatable bonds is 4. The fraction of sp³-hybridized carbons (Fsp3) is 0.250. The van der Waals surface area contributed by atoms with Gasteiger partial charge in [-0.15, -0.1) is 0 Å². The van der Waals surface area contributed by atoms with Crippen LogP contribution in [0.1, 0.15) is 0 Å². The molecule has 0 atom stereocenters. The van der Waals surface area contributed by atoms with Gasteiger partial charge in [-0.05, 0) is 22.8 Å². The molecule has 0 N–H and O–H groups in total. The monoisotopic (exact) mass is 188 g/mol. The van der Waals surface area contributed by atoms with Gasteiger partial charge in [0.1, 0.15) is 5.75 Å². The van der Waals surface area contributed by atoms with Crippen LogP contribution >= 0.6 is 21.7 Å². The smallest absolute Gasteiger partial charge is 0.119 e. The van der Waals surface area contributed by atoms with Crippen molar-refractivity contribution >= 4 is 21.7 Å². The van der Waals surface area contributed by atoms with Gasteiger partial charge >= 0.3 is 0 Å². The standard InChI is InChI=1S/C8H9ClOS/c9-11-7-6-10-8-4-2-1-3-5-8/h1-5H,6-7H2. The van der Waals surface area contributed by atoms with Gasteiger partial charge in [0.15, 0.2) is 0 Å². The van der Waals surface area contributed by atoms with Crippen molar-refractivity contribution in [2.24, 2.45) is 0 Å². The maximum atomic E-state index is 5.40. The van der Waals surface area contributed by atoms with E-state index in [1.807, 2.05) is 30.3 Å². The first-order valence-corrected chi connectivity index (χ1v) is 5.16. The first-order valence-electron chi connectivity index (χ1n) is 3.35. The number of ether oxygens (including phenoxy) is 1. The zero-order valence-corrected chi connectivity index (χ0v) is 7.57. The van der Waals surface area contributed by atoms with Crippen LogP contribution in [0.4, 0.5) is 0 Å². The van der Waals surface area contributed by atoms with Crippen molar-refractivity contribution in [2.75, 3.05) is 12.4 Å². The lowest BCUT2D eigenvalue weighted by Gasteiger charge is -2.02. The highest BCUT2D eigenvalue weighted by atomic mass is 35.7. The molecule has 0 aliphatic heterocycles. The molecule has 1 aromatic carbocycles. The zero-order valence-electron chi connectivity index (χ0n) is 6.00. The van der Waals surface area contributed by atoms with Gasteiger partial charge in [-0.3, -0.25) is 0 Å². The van der Waals surface area contributed by atoms with Crippen molar-refractivity contribution < 1.29 is 4.74 Å². The van der Waals surface area contributed by atoms with Gasteiger partial charge in [-0.25, -0.2) is 0 Å². The van der Waals surface area contributed by atoms with Crippen LogP contribution in [0.15, 0.2) is 30.3 Å². The summed E-state index contributed by atoms with van der Waals surface area (Å²) >= 11 is 0.